The average Bonchev–Trinajstić information content (AvgIpc) is 2.67. The van der Waals surface area contributed by atoms with E-state index in [1.165, 1.54) is 5.56 Å². The molecule has 16 heavy (non-hydrogen) atoms. The Morgan fingerprint density at radius 3 is 2.31 bits per heavy atom. The molecular weight excluding hydrogens is 216 g/mol. The first-order chi connectivity index (χ1) is 7.47. The molecule has 2 rings (SSSR count). The third kappa shape index (κ3) is 2.31. The van der Waals surface area contributed by atoms with Gasteiger partial charge in [0, 0.05) is 10.9 Å². The lowest BCUT2D eigenvalue weighted by Crippen LogP contribution is -2.28. The number of rotatable bonds is 2. The first-order valence-electron chi connectivity index (χ1n) is 5.29. The maximum absolute atomic E-state index is 6.02. The third-order valence-corrected chi connectivity index (χ3v) is 3.58. The minimum atomic E-state index is -0.354. The topological polar surface area (TPSA) is 38.9 Å². The summed E-state index contributed by atoms with van der Waals surface area (Å²) in [6.07, 6.45) is 0. The van der Waals surface area contributed by atoms with Crippen LogP contribution in [0.2, 0.25) is 0 Å². The van der Waals surface area contributed by atoms with Gasteiger partial charge in [-0.3, -0.25) is 0 Å². The van der Waals surface area contributed by atoms with Gasteiger partial charge >= 0.3 is 0 Å². The average molecular weight is 232 g/mol. The number of aromatic nitrogens is 1. The Bertz CT molecular complexity index is 477. The maximum Gasteiger partial charge on any atom is 0.113 e. The predicted molar refractivity (Wildman–Crippen MR) is 69.5 cm³/mol. The predicted octanol–water partition coefficient (Wildman–Crippen LogP) is 3.31. The molecule has 0 aliphatic rings. The van der Waals surface area contributed by atoms with Crippen molar-refractivity contribution in [1.29, 1.82) is 0 Å². The van der Waals surface area contributed by atoms with Gasteiger partial charge in [0.2, 0.25) is 0 Å². The lowest BCUT2D eigenvalue weighted by Gasteiger charge is -2.13. The van der Waals surface area contributed by atoms with E-state index in [4.69, 9.17) is 5.73 Å². The summed E-state index contributed by atoms with van der Waals surface area (Å²) >= 11 is 1.62. The Hall–Kier alpha value is -1.19. The quantitative estimate of drug-likeness (QED) is 0.862. The lowest BCUT2D eigenvalue weighted by atomic mass is 10.1. The highest BCUT2D eigenvalue weighted by atomic mass is 32.1. The minimum Gasteiger partial charge on any atom is -0.320 e. The first kappa shape index (κ1) is 11.3. The summed E-state index contributed by atoms with van der Waals surface area (Å²) in [5, 5.41) is 3.04. The number of hydrogen-bond acceptors (Lipinski definition) is 3. The fraction of sp³-hybridized carbons (Fsp3) is 0.308. The van der Waals surface area contributed by atoms with Gasteiger partial charge in [-0.2, -0.15) is 0 Å². The molecule has 0 bridgehead atoms. The number of hydrogen-bond donors (Lipinski definition) is 1. The molecule has 0 radical (unpaired) electrons. The van der Waals surface area contributed by atoms with Crippen molar-refractivity contribution in [2.75, 3.05) is 0 Å². The first-order valence-corrected chi connectivity index (χ1v) is 6.17. The second-order valence-corrected chi connectivity index (χ2v) is 5.48. The SMILES string of the molecule is Cc1ccc(-c2csc(C(C)(C)N)n2)cc1. The van der Waals surface area contributed by atoms with Crippen LogP contribution < -0.4 is 5.73 Å². The number of thiazole rings is 1. The van der Waals surface area contributed by atoms with Crippen molar-refractivity contribution < 1.29 is 0 Å². The van der Waals surface area contributed by atoms with E-state index in [-0.39, 0.29) is 5.54 Å². The van der Waals surface area contributed by atoms with Crippen LogP contribution in [0, 0.1) is 6.92 Å². The van der Waals surface area contributed by atoms with Crippen molar-refractivity contribution in [3.63, 3.8) is 0 Å². The summed E-state index contributed by atoms with van der Waals surface area (Å²) in [6, 6.07) is 8.39. The van der Waals surface area contributed by atoms with Crippen LogP contribution in [0.1, 0.15) is 24.4 Å². The summed E-state index contributed by atoms with van der Waals surface area (Å²) in [7, 11) is 0. The molecule has 0 saturated heterocycles. The molecule has 3 heteroatoms. The van der Waals surface area contributed by atoms with Crippen molar-refractivity contribution in [3.05, 3.63) is 40.2 Å². The third-order valence-electron chi connectivity index (χ3n) is 2.40. The Morgan fingerprint density at radius 2 is 1.81 bits per heavy atom. The van der Waals surface area contributed by atoms with Gasteiger partial charge in [0.1, 0.15) is 5.01 Å². The summed E-state index contributed by atoms with van der Waals surface area (Å²) in [5.41, 5.74) is 9.09. The second-order valence-electron chi connectivity index (χ2n) is 4.63. The molecule has 0 spiro atoms. The molecule has 2 nitrogen and oxygen atoms in total. The van der Waals surface area contributed by atoms with Crippen molar-refractivity contribution in [1.82, 2.24) is 4.98 Å². The normalized spacial score (nSPS) is 11.8. The minimum absolute atomic E-state index is 0.354. The molecule has 0 aliphatic carbocycles. The van der Waals surface area contributed by atoms with Gasteiger partial charge in [0.25, 0.3) is 0 Å². The van der Waals surface area contributed by atoms with E-state index in [0.29, 0.717) is 0 Å². The van der Waals surface area contributed by atoms with Gasteiger partial charge in [-0.1, -0.05) is 29.8 Å². The molecule has 0 atom stereocenters. The zero-order chi connectivity index (χ0) is 11.8. The fourth-order valence-electron chi connectivity index (χ4n) is 1.43. The molecular formula is C13H16N2S. The zero-order valence-corrected chi connectivity index (χ0v) is 10.6. The van der Waals surface area contributed by atoms with Gasteiger partial charge < -0.3 is 5.73 Å². The molecule has 0 unspecified atom stereocenters. The van der Waals surface area contributed by atoms with Gasteiger partial charge in [-0.15, -0.1) is 11.3 Å². The van der Waals surface area contributed by atoms with E-state index in [0.717, 1.165) is 16.3 Å². The van der Waals surface area contributed by atoms with Gasteiger partial charge in [-0.05, 0) is 20.8 Å². The molecule has 2 N–H and O–H groups in total. The molecule has 0 amide bonds. The van der Waals surface area contributed by atoms with E-state index in [2.05, 4.69) is 41.6 Å². The van der Waals surface area contributed by atoms with Crippen molar-refractivity contribution >= 4 is 11.3 Å². The van der Waals surface area contributed by atoms with Crippen LogP contribution >= 0.6 is 11.3 Å². The standard InChI is InChI=1S/C13H16N2S/c1-9-4-6-10(7-5-9)11-8-16-12(15-11)13(2,3)14/h4-8H,14H2,1-3H3. The zero-order valence-electron chi connectivity index (χ0n) is 9.82. The van der Waals surface area contributed by atoms with Crippen LogP contribution in [0.3, 0.4) is 0 Å². The highest BCUT2D eigenvalue weighted by Gasteiger charge is 2.18. The van der Waals surface area contributed by atoms with Gasteiger partial charge in [0.05, 0.1) is 11.2 Å². The molecule has 1 aromatic heterocycles. The van der Waals surface area contributed by atoms with E-state index >= 15 is 0 Å². The largest absolute Gasteiger partial charge is 0.320 e. The smallest absolute Gasteiger partial charge is 0.113 e. The van der Waals surface area contributed by atoms with E-state index in [1.807, 2.05) is 13.8 Å². The summed E-state index contributed by atoms with van der Waals surface area (Å²) in [6.45, 7) is 6.04. The molecule has 1 aromatic carbocycles. The van der Waals surface area contributed by atoms with Crippen LogP contribution in [0.4, 0.5) is 0 Å². The molecule has 0 saturated carbocycles. The van der Waals surface area contributed by atoms with Crippen LogP contribution in [0.25, 0.3) is 11.3 Å². The highest BCUT2D eigenvalue weighted by molar-refractivity contribution is 7.10. The van der Waals surface area contributed by atoms with Crippen molar-refractivity contribution in [3.8, 4) is 11.3 Å². The Morgan fingerprint density at radius 1 is 1.19 bits per heavy atom. The van der Waals surface area contributed by atoms with E-state index < -0.39 is 0 Å². The maximum atomic E-state index is 6.02. The molecule has 1 heterocycles. The Kier molecular flexibility index (Phi) is 2.82. The fourth-order valence-corrected chi connectivity index (χ4v) is 2.29. The Labute approximate surface area is 100 Å². The molecule has 84 valence electrons. The van der Waals surface area contributed by atoms with Gasteiger partial charge in [0.15, 0.2) is 0 Å². The Balaban J connectivity index is 2.35. The summed E-state index contributed by atoms with van der Waals surface area (Å²) in [5.74, 6) is 0. The van der Waals surface area contributed by atoms with Crippen LogP contribution in [0.5, 0.6) is 0 Å². The van der Waals surface area contributed by atoms with Crippen molar-refractivity contribution in [2.45, 2.75) is 26.3 Å². The van der Waals surface area contributed by atoms with Crippen LogP contribution in [0.15, 0.2) is 29.6 Å². The van der Waals surface area contributed by atoms with E-state index in [1.54, 1.807) is 11.3 Å². The van der Waals surface area contributed by atoms with Crippen molar-refractivity contribution in [2.24, 2.45) is 5.73 Å². The second kappa shape index (κ2) is 4.00. The molecule has 0 aliphatic heterocycles. The van der Waals surface area contributed by atoms with Crippen LogP contribution in [-0.2, 0) is 5.54 Å². The highest BCUT2D eigenvalue weighted by Crippen LogP contribution is 2.27. The van der Waals surface area contributed by atoms with Gasteiger partial charge in [-0.25, -0.2) is 4.98 Å². The number of aryl methyl sites for hydroxylation is 1. The summed E-state index contributed by atoms with van der Waals surface area (Å²) in [4.78, 5) is 4.57. The summed E-state index contributed by atoms with van der Waals surface area (Å²) < 4.78 is 0. The number of nitrogens with zero attached hydrogens (tertiary/aromatic N) is 1. The van der Waals surface area contributed by atoms with E-state index in [9.17, 15) is 0 Å². The number of nitrogens with two attached hydrogens (primary N) is 1. The van der Waals surface area contributed by atoms with Crippen LogP contribution in [-0.4, -0.2) is 4.98 Å². The monoisotopic (exact) mass is 232 g/mol. The number of benzene rings is 1. The molecule has 0 fully saturated rings. The lowest BCUT2D eigenvalue weighted by molar-refractivity contribution is 0.551. The molecule has 2 aromatic rings.